The number of thioether (sulfide) groups is 1. The highest BCUT2D eigenvalue weighted by Gasteiger charge is 2.19. The van der Waals surface area contributed by atoms with Crippen molar-refractivity contribution in [2.75, 3.05) is 25.1 Å². The third kappa shape index (κ3) is 5.67. The molecule has 4 nitrogen and oxygen atoms in total. The fourth-order valence-electron chi connectivity index (χ4n) is 1.62. The van der Waals surface area contributed by atoms with Crippen LogP contribution >= 0.6 is 11.8 Å². The van der Waals surface area contributed by atoms with Crippen molar-refractivity contribution in [2.24, 2.45) is 11.7 Å². The highest BCUT2D eigenvalue weighted by molar-refractivity contribution is 7.98. The second-order valence-electron chi connectivity index (χ2n) is 4.56. The van der Waals surface area contributed by atoms with Crippen molar-refractivity contribution in [1.29, 1.82) is 0 Å². The molecule has 1 atom stereocenters. The third-order valence-corrected chi connectivity index (χ3v) is 4.99. The Bertz CT molecular complexity index is 636. The van der Waals surface area contributed by atoms with Crippen molar-refractivity contribution in [1.82, 2.24) is 4.72 Å². The summed E-state index contributed by atoms with van der Waals surface area (Å²) in [7, 11) is -3.85. The van der Waals surface area contributed by atoms with Gasteiger partial charge >= 0.3 is 0 Å². The van der Waals surface area contributed by atoms with E-state index in [-0.39, 0.29) is 23.9 Å². The Kier molecular flexibility index (Phi) is 7.18. The molecular formula is C14H19FN2O2S2. The van der Waals surface area contributed by atoms with E-state index in [2.05, 4.69) is 16.6 Å². The molecule has 1 rings (SSSR count). The van der Waals surface area contributed by atoms with Gasteiger partial charge in [-0.15, -0.1) is 0 Å². The number of hydrogen-bond donors (Lipinski definition) is 2. The molecule has 0 spiro atoms. The SMILES string of the molecule is CSCC(C)CNS(=O)(=O)c1ccc(C#CCN)cc1F. The van der Waals surface area contributed by atoms with Gasteiger partial charge in [-0.05, 0) is 36.1 Å². The number of rotatable bonds is 6. The smallest absolute Gasteiger partial charge is 0.243 e. The molecule has 1 aromatic rings. The molecular weight excluding hydrogens is 311 g/mol. The van der Waals surface area contributed by atoms with Gasteiger partial charge in [0, 0.05) is 12.1 Å². The molecule has 0 aliphatic rings. The van der Waals surface area contributed by atoms with Crippen LogP contribution in [0, 0.1) is 23.6 Å². The zero-order valence-electron chi connectivity index (χ0n) is 12.0. The standard InChI is InChI=1S/C14H19FN2O2S2/c1-11(10-20-2)9-17-21(18,19)14-6-5-12(4-3-7-16)8-13(14)15/h5-6,8,11,17H,7,9-10,16H2,1-2H3. The van der Waals surface area contributed by atoms with Crippen LogP contribution in [-0.2, 0) is 10.0 Å². The Morgan fingerprint density at radius 3 is 2.76 bits per heavy atom. The number of hydrogen-bond acceptors (Lipinski definition) is 4. The van der Waals surface area contributed by atoms with Gasteiger partial charge in [-0.2, -0.15) is 11.8 Å². The Morgan fingerprint density at radius 1 is 1.48 bits per heavy atom. The van der Waals surface area contributed by atoms with Crippen molar-refractivity contribution in [3.63, 3.8) is 0 Å². The van der Waals surface area contributed by atoms with Crippen LogP contribution in [0.1, 0.15) is 12.5 Å². The molecule has 3 N–H and O–H groups in total. The van der Waals surface area contributed by atoms with Crippen LogP contribution in [0.5, 0.6) is 0 Å². The minimum atomic E-state index is -3.85. The maximum absolute atomic E-state index is 13.9. The zero-order chi connectivity index (χ0) is 15.9. The van der Waals surface area contributed by atoms with Crippen molar-refractivity contribution in [3.05, 3.63) is 29.6 Å². The summed E-state index contributed by atoms with van der Waals surface area (Å²) in [6.07, 6.45) is 1.95. The van der Waals surface area contributed by atoms with Crippen LogP contribution in [-0.4, -0.2) is 33.5 Å². The first-order valence-corrected chi connectivity index (χ1v) is 9.25. The van der Waals surface area contributed by atoms with Gasteiger partial charge < -0.3 is 5.73 Å². The number of nitrogens with one attached hydrogen (secondary N) is 1. The first kappa shape index (κ1) is 18.0. The summed E-state index contributed by atoms with van der Waals surface area (Å²) in [6.45, 7) is 2.37. The lowest BCUT2D eigenvalue weighted by Crippen LogP contribution is -2.29. The fourth-order valence-corrected chi connectivity index (χ4v) is 3.53. The third-order valence-electron chi connectivity index (χ3n) is 2.63. The van der Waals surface area contributed by atoms with Gasteiger partial charge in [-0.25, -0.2) is 17.5 Å². The zero-order valence-corrected chi connectivity index (χ0v) is 13.7. The van der Waals surface area contributed by atoms with E-state index in [0.29, 0.717) is 5.56 Å². The summed E-state index contributed by atoms with van der Waals surface area (Å²) in [6, 6.07) is 3.78. The average Bonchev–Trinajstić information content (AvgIpc) is 2.43. The molecule has 0 aliphatic heterocycles. The molecule has 0 fully saturated rings. The van der Waals surface area contributed by atoms with Crippen LogP contribution in [0.4, 0.5) is 4.39 Å². The van der Waals surface area contributed by atoms with Crippen LogP contribution in [0.25, 0.3) is 0 Å². The first-order chi connectivity index (χ1) is 9.90. The minimum absolute atomic E-state index is 0.163. The molecule has 0 saturated heterocycles. The summed E-state index contributed by atoms with van der Waals surface area (Å²) >= 11 is 1.63. The van der Waals surface area contributed by atoms with Crippen molar-refractivity contribution < 1.29 is 12.8 Å². The van der Waals surface area contributed by atoms with Gasteiger partial charge in [-0.1, -0.05) is 18.8 Å². The van der Waals surface area contributed by atoms with Crippen molar-refractivity contribution in [2.45, 2.75) is 11.8 Å². The Labute approximate surface area is 129 Å². The molecule has 0 amide bonds. The van der Waals surface area contributed by atoms with E-state index < -0.39 is 15.8 Å². The van der Waals surface area contributed by atoms with E-state index >= 15 is 0 Å². The molecule has 7 heteroatoms. The summed E-state index contributed by atoms with van der Waals surface area (Å²) in [5.41, 5.74) is 5.63. The Morgan fingerprint density at radius 2 is 2.19 bits per heavy atom. The normalized spacial score (nSPS) is 12.6. The van der Waals surface area contributed by atoms with E-state index in [9.17, 15) is 12.8 Å². The van der Waals surface area contributed by atoms with E-state index in [4.69, 9.17) is 5.73 Å². The molecule has 0 aliphatic carbocycles. The van der Waals surface area contributed by atoms with Gasteiger partial charge in [0.25, 0.3) is 0 Å². The fraction of sp³-hybridized carbons (Fsp3) is 0.429. The average molecular weight is 330 g/mol. The molecule has 21 heavy (non-hydrogen) atoms. The number of halogens is 1. The molecule has 0 bridgehead atoms. The van der Waals surface area contributed by atoms with Crippen molar-refractivity contribution in [3.8, 4) is 11.8 Å². The maximum Gasteiger partial charge on any atom is 0.243 e. The minimum Gasteiger partial charge on any atom is -0.320 e. The van der Waals surface area contributed by atoms with Gasteiger partial charge in [0.1, 0.15) is 10.7 Å². The lowest BCUT2D eigenvalue weighted by atomic mass is 10.2. The molecule has 116 valence electrons. The predicted molar refractivity (Wildman–Crippen MR) is 85.1 cm³/mol. The monoisotopic (exact) mass is 330 g/mol. The van der Waals surface area contributed by atoms with E-state index in [0.717, 1.165) is 11.8 Å². The number of sulfonamides is 1. The summed E-state index contributed by atoms with van der Waals surface area (Å²) in [5, 5.41) is 0. The van der Waals surface area contributed by atoms with Crippen molar-refractivity contribution >= 4 is 21.8 Å². The van der Waals surface area contributed by atoms with Crippen LogP contribution in [0.15, 0.2) is 23.1 Å². The van der Waals surface area contributed by atoms with E-state index in [1.54, 1.807) is 11.8 Å². The van der Waals surface area contributed by atoms with Crippen LogP contribution in [0.3, 0.4) is 0 Å². The van der Waals surface area contributed by atoms with Gasteiger partial charge in [-0.3, -0.25) is 0 Å². The lowest BCUT2D eigenvalue weighted by Gasteiger charge is -2.12. The van der Waals surface area contributed by atoms with E-state index in [1.807, 2.05) is 13.2 Å². The summed E-state index contributed by atoms with van der Waals surface area (Å²) < 4.78 is 40.5. The van der Waals surface area contributed by atoms with Crippen LogP contribution in [0.2, 0.25) is 0 Å². The second-order valence-corrected chi connectivity index (χ2v) is 7.21. The molecule has 1 aromatic carbocycles. The van der Waals surface area contributed by atoms with Gasteiger partial charge in [0.15, 0.2) is 0 Å². The molecule has 0 heterocycles. The predicted octanol–water partition coefficient (Wildman–Crippen LogP) is 1.41. The molecule has 0 aromatic heterocycles. The quantitative estimate of drug-likeness (QED) is 0.774. The largest absolute Gasteiger partial charge is 0.320 e. The van der Waals surface area contributed by atoms with Gasteiger partial charge in [0.05, 0.1) is 6.54 Å². The summed E-state index contributed by atoms with van der Waals surface area (Å²) in [5.74, 6) is 5.44. The topological polar surface area (TPSA) is 72.2 Å². The Balaban J connectivity index is 2.88. The van der Waals surface area contributed by atoms with Gasteiger partial charge in [0.2, 0.25) is 10.0 Å². The van der Waals surface area contributed by atoms with Crippen LogP contribution < -0.4 is 10.5 Å². The number of nitrogens with two attached hydrogens (primary N) is 1. The second kappa shape index (κ2) is 8.39. The first-order valence-electron chi connectivity index (χ1n) is 6.37. The maximum atomic E-state index is 13.9. The molecule has 0 radical (unpaired) electrons. The lowest BCUT2D eigenvalue weighted by molar-refractivity contribution is 0.545. The highest BCUT2D eigenvalue weighted by atomic mass is 32.2. The molecule has 1 unspecified atom stereocenters. The van der Waals surface area contributed by atoms with E-state index in [1.165, 1.54) is 12.1 Å². The molecule has 0 saturated carbocycles. The highest BCUT2D eigenvalue weighted by Crippen LogP contribution is 2.16. The Hall–Kier alpha value is -1.07. The number of benzene rings is 1. The summed E-state index contributed by atoms with van der Waals surface area (Å²) in [4.78, 5) is -0.364.